The average molecular weight is 511 g/mol. The van der Waals surface area contributed by atoms with Gasteiger partial charge >= 0.3 is 6.09 Å². The number of benzene rings is 1. The Kier molecular flexibility index (Phi) is 9.51. The van der Waals surface area contributed by atoms with Crippen molar-refractivity contribution in [3.8, 4) is 0 Å². The largest absolute Gasteiger partial charge is 0.446 e. The lowest BCUT2D eigenvalue weighted by molar-refractivity contribution is -0.121. The van der Waals surface area contributed by atoms with Gasteiger partial charge in [0.05, 0.1) is 24.1 Å². The Labute approximate surface area is 207 Å². The van der Waals surface area contributed by atoms with Crippen LogP contribution in [-0.4, -0.2) is 58.1 Å². The molecule has 4 N–H and O–H groups in total. The summed E-state index contributed by atoms with van der Waals surface area (Å²) >= 11 is 0. The molecule has 0 bridgehead atoms. The van der Waals surface area contributed by atoms with Crippen LogP contribution in [0.5, 0.6) is 0 Å². The fraction of sp³-hybridized carbons (Fsp3) is 0.667. The smallest absolute Gasteiger partial charge is 0.407 e. The lowest BCUT2D eigenvalue weighted by Crippen LogP contribution is -2.45. The number of alkyl carbamates (subject to hydrolysis) is 1. The Bertz CT molecular complexity index is 1000. The first-order chi connectivity index (χ1) is 16.6. The highest BCUT2D eigenvalue weighted by Gasteiger charge is 2.37. The molecule has 0 spiro atoms. The second kappa shape index (κ2) is 12.2. The number of nitrogens with one attached hydrogen (secondary N) is 4. The molecule has 1 saturated carbocycles. The van der Waals surface area contributed by atoms with E-state index >= 15 is 0 Å². The summed E-state index contributed by atoms with van der Waals surface area (Å²) in [5.74, 6) is 0.0691. The average Bonchev–Trinajstić information content (AvgIpc) is 3.43. The van der Waals surface area contributed by atoms with Gasteiger partial charge in [-0.2, -0.15) is 0 Å². The predicted octanol–water partition coefficient (Wildman–Crippen LogP) is 1.78. The molecule has 2 aliphatic rings. The topological polar surface area (TPSA) is 135 Å². The zero-order valence-corrected chi connectivity index (χ0v) is 21.7. The number of hydrogen-bond acceptors (Lipinski definition) is 8. The molecule has 0 radical (unpaired) electrons. The van der Waals surface area contributed by atoms with E-state index in [1.807, 2.05) is 13.8 Å². The molecule has 11 heteroatoms. The second-order valence-corrected chi connectivity index (χ2v) is 11.6. The van der Waals surface area contributed by atoms with Crippen LogP contribution < -0.4 is 21.5 Å². The van der Waals surface area contributed by atoms with Gasteiger partial charge in [-0.25, -0.2) is 18.6 Å². The third kappa shape index (κ3) is 7.89. The van der Waals surface area contributed by atoms with E-state index < -0.39 is 9.84 Å². The maximum absolute atomic E-state index is 12.7. The fourth-order valence-corrected chi connectivity index (χ4v) is 5.67. The highest BCUT2D eigenvalue weighted by molar-refractivity contribution is 7.90. The van der Waals surface area contributed by atoms with Gasteiger partial charge in [-0.1, -0.05) is 19.1 Å². The summed E-state index contributed by atoms with van der Waals surface area (Å²) in [5, 5.41) is 5.77. The molecular weight excluding hydrogens is 472 g/mol. The van der Waals surface area contributed by atoms with E-state index in [1.54, 1.807) is 25.3 Å². The van der Waals surface area contributed by atoms with Crippen molar-refractivity contribution in [2.24, 2.45) is 5.92 Å². The minimum absolute atomic E-state index is 0.0385. The highest BCUT2D eigenvalue weighted by Crippen LogP contribution is 2.33. The third-order valence-corrected chi connectivity index (χ3v) is 7.88. The molecular formula is C24H38N4O6S. The second-order valence-electron chi connectivity index (χ2n) is 9.63. The number of amides is 2. The van der Waals surface area contributed by atoms with Crippen molar-refractivity contribution in [1.29, 1.82) is 0 Å². The van der Waals surface area contributed by atoms with E-state index in [0.29, 0.717) is 24.5 Å². The van der Waals surface area contributed by atoms with Crippen molar-refractivity contribution in [1.82, 2.24) is 21.5 Å². The van der Waals surface area contributed by atoms with Gasteiger partial charge in [-0.05, 0) is 62.1 Å². The third-order valence-electron chi connectivity index (χ3n) is 6.71. The summed E-state index contributed by atoms with van der Waals surface area (Å²) in [5.41, 5.74) is 7.57. The summed E-state index contributed by atoms with van der Waals surface area (Å²) < 4.78 is 35.2. The summed E-state index contributed by atoms with van der Waals surface area (Å²) in [6.45, 7) is 4.25. The van der Waals surface area contributed by atoms with Crippen LogP contribution in [0.15, 0.2) is 23.1 Å². The van der Waals surface area contributed by atoms with E-state index in [1.165, 1.54) is 0 Å². The maximum Gasteiger partial charge on any atom is 0.407 e. The minimum atomic E-state index is -3.49. The zero-order valence-electron chi connectivity index (χ0n) is 20.9. The van der Waals surface area contributed by atoms with Gasteiger partial charge < -0.3 is 20.1 Å². The van der Waals surface area contributed by atoms with Crippen molar-refractivity contribution >= 4 is 21.8 Å². The zero-order chi connectivity index (χ0) is 25.6. The van der Waals surface area contributed by atoms with Gasteiger partial charge in [0.1, 0.15) is 6.10 Å². The van der Waals surface area contributed by atoms with E-state index in [9.17, 15) is 18.0 Å². The Hall–Kier alpha value is -2.21. The van der Waals surface area contributed by atoms with Crippen molar-refractivity contribution in [3.05, 3.63) is 29.3 Å². The number of carbonyl (C=O) groups excluding carboxylic acids is 2. The predicted molar refractivity (Wildman–Crippen MR) is 131 cm³/mol. The van der Waals surface area contributed by atoms with E-state index in [2.05, 4.69) is 21.5 Å². The van der Waals surface area contributed by atoms with Gasteiger partial charge in [0.25, 0.3) is 0 Å². The van der Waals surface area contributed by atoms with Crippen LogP contribution in [0.2, 0.25) is 0 Å². The van der Waals surface area contributed by atoms with Crippen LogP contribution in [0.25, 0.3) is 0 Å². The Balaban J connectivity index is 1.49. The molecule has 1 aromatic rings. The molecule has 1 aromatic carbocycles. The molecule has 2 unspecified atom stereocenters. The maximum atomic E-state index is 12.7. The Morgan fingerprint density at radius 1 is 1.20 bits per heavy atom. The molecule has 1 aliphatic heterocycles. The Morgan fingerprint density at radius 2 is 1.97 bits per heavy atom. The molecule has 35 heavy (non-hydrogen) atoms. The van der Waals surface area contributed by atoms with Crippen LogP contribution in [0.4, 0.5) is 4.79 Å². The number of hydrazine groups is 1. The molecule has 0 aromatic heterocycles. The number of sulfone groups is 1. The van der Waals surface area contributed by atoms with Gasteiger partial charge in [-0.3, -0.25) is 10.2 Å². The number of rotatable bonds is 10. The molecule has 196 valence electrons. The first kappa shape index (κ1) is 27.4. The van der Waals surface area contributed by atoms with Gasteiger partial charge in [0.2, 0.25) is 5.91 Å². The summed E-state index contributed by atoms with van der Waals surface area (Å²) in [6, 6.07) is 5.24. The van der Waals surface area contributed by atoms with Crippen LogP contribution in [0.1, 0.15) is 57.1 Å². The molecule has 1 heterocycles. The molecule has 2 amide bonds. The van der Waals surface area contributed by atoms with Crippen molar-refractivity contribution < 1.29 is 27.5 Å². The first-order valence-corrected chi connectivity index (χ1v) is 14.1. The molecule has 1 saturated heterocycles. The number of methoxy groups -OCH3 is 1. The summed E-state index contributed by atoms with van der Waals surface area (Å²) in [6.07, 6.45) is 4.44. The summed E-state index contributed by atoms with van der Waals surface area (Å²) in [4.78, 5) is 24.9. The van der Waals surface area contributed by atoms with E-state index in [-0.39, 0.29) is 47.7 Å². The minimum Gasteiger partial charge on any atom is -0.446 e. The SMILES string of the molecule is CC[C@H](C)NC(=O)O[C@@H]1CC[C@H](C2CC(NC(=O)Cc3ccc(COC)cc3S(C)(=O)=O)NN2)C1. The molecule has 1 aliphatic carbocycles. The number of ether oxygens (including phenoxy) is 2. The number of hydrogen-bond donors (Lipinski definition) is 4. The van der Waals surface area contributed by atoms with Gasteiger partial charge in [-0.15, -0.1) is 0 Å². The Morgan fingerprint density at radius 3 is 2.66 bits per heavy atom. The van der Waals surface area contributed by atoms with Crippen LogP contribution in [0, 0.1) is 5.92 Å². The normalized spacial score (nSPS) is 25.3. The number of carbonyl (C=O) groups is 2. The van der Waals surface area contributed by atoms with Crippen LogP contribution >= 0.6 is 0 Å². The van der Waals surface area contributed by atoms with Gasteiger partial charge in [0.15, 0.2) is 9.84 Å². The van der Waals surface area contributed by atoms with E-state index in [4.69, 9.17) is 9.47 Å². The van der Waals surface area contributed by atoms with Crippen LogP contribution in [0.3, 0.4) is 0 Å². The van der Waals surface area contributed by atoms with Crippen molar-refractivity contribution in [2.75, 3.05) is 13.4 Å². The highest BCUT2D eigenvalue weighted by atomic mass is 32.2. The fourth-order valence-electron chi connectivity index (χ4n) is 4.68. The lowest BCUT2D eigenvalue weighted by Gasteiger charge is -2.19. The quantitative estimate of drug-likeness (QED) is 0.374. The van der Waals surface area contributed by atoms with Crippen molar-refractivity contribution in [3.63, 3.8) is 0 Å². The molecule has 10 nitrogen and oxygen atoms in total. The molecule has 3 rings (SSSR count). The van der Waals surface area contributed by atoms with Crippen molar-refractivity contribution in [2.45, 2.75) is 88.2 Å². The standard InChI is InChI=1S/C24H38N4O6S/c1-5-15(2)25-24(30)34-19-9-8-17(11-19)20-13-22(28-27-20)26-23(29)12-18-7-6-16(14-33-3)10-21(18)35(4,31)32/h6-7,10,15,17,19-20,22,27-28H,5,8-9,11-14H2,1-4H3,(H,25,30)(H,26,29)/t15-,17-,19+,20?,22?/m0/s1. The molecule has 2 fully saturated rings. The molecule has 5 atom stereocenters. The van der Waals surface area contributed by atoms with E-state index in [0.717, 1.165) is 37.5 Å². The lowest BCUT2D eigenvalue weighted by atomic mass is 9.96. The van der Waals surface area contributed by atoms with Gasteiger partial charge in [0, 0.05) is 25.4 Å². The monoisotopic (exact) mass is 510 g/mol. The van der Waals surface area contributed by atoms with Crippen LogP contribution in [-0.2, 0) is 37.1 Å². The first-order valence-electron chi connectivity index (χ1n) is 12.2. The summed E-state index contributed by atoms with van der Waals surface area (Å²) in [7, 11) is -1.95.